The van der Waals surface area contributed by atoms with E-state index in [0.717, 1.165) is 5.56 Å². The Kier molecular flexibility index (Phi) is 5.84. The highest BCUT2D eigenvalue weighted by molar-refractivity contribution is 7.92. The van der Waals surface area contributed by atoms with Crippen molar-refractivity contribution in [1.29, 1.82) is 5.26 Å². The molecule has 0 bridgehead atoms. The van der Waals surface area contributed by atoms with Crippen molar-refractivity contribution in [3.05, 3.63) is 89.0 Å². The standard InChI is InChI=1S/C24H20N2O5S/c1-30-23-11-10-20(32(28,29)26-13-12-17-6-4-5-9-22(17)26)14-21(23)24(27)31-16-19-8-3-2-7-18(19)15-25/h2-11,14H,12-13,16H2,1H3. The number of rotatable bonds is 6. The summed E-state index contributed by atoms with van der Waals surface area (Å²) in [6.45, 7) is 0.209. The van der Waals surface area contributed by atoms with E-state index in [1.165, 1.54) is 29.6 Å². The fourth-order valence-corrected chi connectivity index (χ4v) is 5.20. The van der Waals surface area contributed by atoms with Gasteiger partial charge >= 0.3 is 5.97 Å². The van der Waals surface area contributed by atoms with E-state index in [2.05, 4.69) is 0 Å². The summed E-state index contributed by atoms with van der Waals surface area (Å²) in [5.41, 5.74) is 2.55. The van der Waals surface area contributed by atoms with Crippen molar-refractivity contribution in [3.8, 4) is 11.8 Å². The summed E-state index contributed by atoms with van der Waals surface area (Å²) in [6.07, 6.45) is 0.624. The summed E-state index contributed by atoms with van der Waals surface area (Å²) < 4.78 is 38.6. The molecule has 32 heavy (non-hydrogen) atoms. The second-order valence-corrected chi connectivity index (χ2v) is 9.03. The van der Waals surface area contributed by atoms with Crippen molar-refractivity contribution in [2.75, 3.05) is 18.0 Å². The van der Waals surface area contributed by atoms with Crippen molar-refractivity contribution < 1.29 is 22.7 Å². The first-order valence-corrected chi connectivity index (χ1v) is 11.3. The molecule has 0 saturated carbocycles. The smallest absolute Gasteiger partial charge is 0.342 e. The van der Waals surface area contributed by atoms with Crippen LogP contribution in [-0.4, -0.2) is 28.0 Å². The van der Waals surface area contributed by atoms with Gasteiger partial charge < -0.3 is 9.47 Å². The van der Waals surface area contributed by atoms with Crippen LogP contribution in [0.3, 0.4) is 0 Å². The Bertz CT molecular complexity index is 1330. The van der Waals surface area contributed by atoms with Crippen LogP contribution in [0.4, 0.5) is 5.69 Å². The van der Waals surface area contributed by atoms with Gasteiger partial charge in [-0.2, -0.15) is 5.26 Å². The highest BCUT2D eigenvalue weighted by atomic mass is 32.2. The molecule has 7 nitrogen and oxygen atoms in total. The van der Waals surface area contributed by atoms with Gasteiger partial charge in [0.05, 0.1) is 29.3 Å². The molecule has 1 aliphatic rings. The van der Waals surface area contributed by atoms with Crippen molar-refractivity contribution in [2.45, 2.75) is 17.9 Å². The normalized spacial score (nSPS) is 12.7. The summed E-state index contributed by atoms with van der Waals surface area (Å²) in [5, 5.41) is 9.20. The highest BCUT2D eigenvalue weighted by Gasteiger charge is 2.31. The number of hydrogen-bond acceptors (Lipinski definition) is 6. The molecule has 162 valence electrons. The molecule has 0 unspecified atom stereocenters. The zero-order chi connectivity index (χ0) is 22.7. The topological polar surface area (TPSA) is 96.7 Å². The van der Waals surface area contributed by atoms with Gasteiger partial charge in [-0.05, 0) is 42.3 Å². The minimum Gasteiger partial charge on any atom is -0.496 e. The molecule has 0 aliphatic carbocycles. The van der Waals surface area contributed by atoms with Crippen molar-refractivity contribution in [3.63, 3.8) is 0 Å². The quantitative estimate of drug-likeness (QED) is 0.534. The first kappa shape index (κ1) is 21.4. The number of carbonyl (C=O) groups is 1. The summed E-state index contributed by atoms with van der Waals surface area (Å²) >= 11 is 0. The fraction of sp³-hybridized carbons (Fsp3) is 0.167. The van der Waals surface area contributed by atoms with Crippen molar-refractivity contribution in [1.82, 2.24) is 0 Å². The van der Waals surface area contributed by atoms with Crippen LogP contribution in [0.25, 0.3) is 0 Å². The van der Waals surface area contributed by atoms with E-state index < -0.39 is 16.0 Å². The van der Waals surface area contributed by atoms with Crippen LogP contribution in [0.15, 0.2) is 71.6 Å². The van der Waals surface area contributed by atoms with E-state index in [1.807, 2.05) is 18.2 Å². The zero-order valence-electron chi connectivity index (χ0n) is 17.3. The van der Waals surface area contributed by atoms with E-state index in [1.54, 1.807) is 36.4 Å². The lowest BCUT2D eigenvalue weighted by atomic mass is 10.1. The maximum absolute atomic E-state index is 13.3. The molecule has 0 saturated heterocycles. The molecule has 8 heteroatoms. The molecular weight excluding hydrogens is 428 g/mol. The monoisotopic (exact) mass is 448 g/mol. The Morgan fingerprint density at radius 3 is 2.62 bits per heavy atom. The lowest BCUT2D eigenvalue weighted by molar-refractivity contribution is 0.0468. The van der Waals surface area contributed by atoms with Crippen LogP contribution in [0.1, 0.15) is 27.0 Å². The molecule has 0 aromatic heterocycles. The summed E-state index contributed by atoms with van der Waals surface area (Å²) in [5.74, 6) is -0.544. The van der Waals surface area contributed by atoms with Gasteiger partial charge in [-0.3, -0.25) is 4.31 Å². The predicted molar refractivity (Wildman–Crippen MR) is 118 cm³/mol. The van der Waals surface area contributed by atoms with E-state index in [9.17, 15) is 18.5 Å². The number of hydrogen-bond donors (Lipinski definition) is 0. The average molecular weight is 449 g/mol. The van der Waals surface area contributed by atoms with E-state index in [-0.39, 0.29) is 22.8 Å². The molecule has 4 rings (SSSR count). The minimum atomic E-state index is -3.88. The van der Waals surface area contributed by atoms with Crippen LogP contribution >= 0.6 is 0 Å². The molecule has 3 aromatic carbocycles. The van der Waals surface area contributed by atoms with Crippen LogP contribution < -0.4 is 9.04 Å². The largest absolute Gasteiger partial charge is 0.496 e. The number of carbonyl (C=O) groups excluding carboxylic acids is 1. The third kappa shape index (κ3) is 3.90. The number of anilines is 1. The molecule has 0 spiro atoms. The molecular formula is C24H20N2O5S. The lowest BCUT2D eigenvalue weighted by Gasteiger charge is -2.20. The van der Waals surface area contributed by atoms with E-state index in [4.69, 9.17) is 9.47 Å². The summed E-state index contributed by atoms with van der Waals surface area (Å²) in [4.78, 5) is 12.8. The number of ether oxygens (including phenoxy) is 2. The van der Waals surface area contributed by atoms with Gasteiger partial charge in [-0.15, -0.1) is 0 Å². The Hall–Kier alpha value is -3.83. The third-order valence-corrected chi connectivity index (χ3v) is 7.13. The Morgan fingerprint density at radius 1 is 1.09 bits per heavy atom. The van der Waals surface area contributed by atoms with Crippen LogP contribution in [0.2, 0.25) is 0 Å². The number of benzene rings is 3. The Morgan fingerprint density at radius 2 is 1.84 bits per heavy atom. The van der Waals surface area contributed by atoms with Gasteiger partial charge in [-0.1, -0.05) is 36.4 Å². The van der Waals surface area contributed by atoms with Gasteiger partial charge in [0.2, 0.25) is 0 Å². The first-order chi connectivity index (χ1) is 15.5. The number of fused-ring (bicyclic) bond motifs is 1. The van der Waals surface area contributed by atoms with Gasteiger partial charge in [0, 0.05) is 12.1 Å². The summed E-state index contributed by atoms with van der Waals surface area (Å²) in [7, 11) is -2.49. The van der Waals surface area contributed by atoms with E-state index >= 15 is 0 Å². The lowest BCUT2D eigenvalue weighted by Crippen LogP contribution is -2.29. The van der Waals surface area contributed by atoms with Crippen LogP contribution in [-0.2, 0) is 27.8 Å². The second kappa shape index (κ2) is 8.73. The fourth-order valence-electron chi connectivity index (χ4n) is 3.67. The number of esters is 1. The molecule has 0 atom stereocenters. The maximum atomic E-state index is 13.3. The third-order valence-electron chi connectivity index (χ3n) is 5.32. The van der Waals surface area contributed by atoms with Crippen LogP contribution in [0, 0.1) is 11.3 Å². The Labute approximate surface area is 186 Å². The maximum Gasteiger partial charge on any atom is 0.342 e. The second-order valence-electron chi connectivity index (χ2n) is 7.16. The highest BCUT2D eigenvalue weighted by Crippen LogP contribution is 2.34. The predicted octanol–water partition coefficient (Wildman–Crippen LogP) is 3.68. The molecule has 3 aromatic rings. The zero-order valence-corrected chi connectivity index (χ0v) is 18.1. The molecule has 0 amide bonds. The van der Waals surface area contributed by atoms with Gasteiger partial charge in [0.25, 0.3) is 10.0 Å². The molecule has 0 radical (unpaired) electrons. The molecule has 0 fully saturated rings. The SMILES string of the molecule is COc1ccc(S(=O)(=O)N2CCc3ccccc32)cc1C(=O)OCc1ccccc1C#N. The number of nitriles is 1. The van der Waals surface area contributed by atoms with E-state index in [0.29, 0.717) is 29.8 Å². The molecule has 0 N–H and O–H groups in total. The average Bonchev–Trinajstić information content (AvgIpc) is 3.27. The summed E-state index contributed by atoms with van der Waals surface area (Å²) in [6, 6.07) is 20.3. The van der Waals surface area contributed by atoms with Crippen molar-refractivity contribution >= 4 is 21.7 Å². The Balaban J connectivity index is 1.63. The first-order valence-electron chi connectivity index (χ1n) is 9.89. The number of nitrogens with zero attached hydrogens (tertiary/aromatic N) is 2. The number of methoxy groups -OCH3 is 1. The van der Waals surface area contributed by atoms with Gasteiger partial charge in [0.15, 0.2) is 0 Å². The van der Waals surface area contributed by atoms with Crippen molar-refractivity contribution in [2.24, 2.45) is 0 Å². The van der Waals surface area contributed by atoms with Crippen LogP contribution in [0.5, 0.6) is 5.75 Å². The number of sulfonamides is 1. The minimum absolute atomic E-state index is 0.00417. The van der Waals surface area contributed by atoms with Gasteiger partial charge in [0.1, 0.15) is 17.9 Å². The molecule has 1 heterocycles. The molecule has 1 aliphatic heterocycles. The van der Waals surface area contributed by atoms with Gasteiger partial charge in [-0.25, -0.2) is 13.2 Å². The number of para-hydroxylation sites is 1.